The molecule has 2 N–H and O–H groups in total. The van der Waals surface area contributed by atoms with Gasteiger partial charge in [-0.2, -0.15) is 0 Å². The van der Waals surface area contributed by atoms with Crippen molar-refractivity contribution in [2.75, 3.05) is 5.32 Å². The summed E-state index contributed by atoms with van der Waals surface area (Å²) in [6.45, 7) is 0.391. The molecule has 0 aliphatic heterocycles. The zero-order chi connectivity index (χ0) is 17.5. The number of carbonyl (C=O) groups excluding carboxylic acids is 2. The van der Waals surface area contributed by atoms with E-state index in [1.807, 2.05) is 12.1 Å². The number of rotatable bonds is 5. The summed E-state index contributed by atoms with van der Waals surface area (Å²) in [5, 5.41) is 5.60. The Morgan fingerprint density at radius 2 is 1.72 bits per heavy atom. The van der Waals surface area contributed by atoms with Crippen LogP contribution in [0.5, 0.6) is 0 Å². The van der Waals surface area contributed by atoms with E-state index in [-0.39, 0.29) is 11.8 Å². The number of amides is 2. The highest BCUT2D eigenvalue weighted by Gasteiger charge is 2.07. The van der Waals surface area contributed by atoms with Gasteiger partial charge in [0.2, 0.25) is 0 Å². The minimum absolute atomic E-state index is 0.180. The summed E-state index contributed by atoms with van der Waals surface area (Å²) in [6.07, 6.45) is 4.71. The molecule has 2 aromatic heterocycles. The van der Waals surface area contributed by atoms with Crippen molar-refractivity contribution < 1.29 is 9.59 Å². The Bertz CT molecular complexity index is 850. The van der Waals surface area contributed by atoms with E-state index in [2.05, 4.69) is 20.6 Å². The molecule has 2 heterocycles. The molecule has 6 heteroatoms. The second kappa shape index (κ2) is 7.83. The standard InChI is InChI=1S/C19H16N4O2/c24-18(15-4-3-10-20-13-15)22-12-14-6-8-16(9-7-14)23-19(25)17-5-1-2-11-21-17/h1-11,13H,12H2,(H,22,24)(H,23,25). The van der Waals surface area contributed by atoms with Gasteiger partial charge in [0.15, 0.2) is 0 Å². The zero-order valence-electron chi connectivity index (χ0n) is 13.3. The molecule has 0 unspecified atom stereocenters. The number of pyridine rings is 2. The third-order valence-electron chi connectivity index (χ3n) is 3.49. The van der Waals surface area contributed by atoms with Crippen molar-refractivity contribution >= 4 is 17.5 Å². The topological polar surface area (TPSA) is 84.0 Å². The molecule has 0 saturated heterocycles. The Morgan fingerprint density at radius 3 is 2.40 bits per heavy atom. The van der Waals surface area contributed by atoms with Crippen LogP contribution in [0.25, 0.3) is 0 Å². The van der Waals surface area contributed by atoms with Crippen LogP contribution in [0.3, 0.4) is 0 Å². The highest BCUT2D eigenvalue weighted by atomic mass is 16.2. The van der Waals surface area contributed by atoms with Crippen molar-refractivity contribution in [3.63, 3.8) is 0 Å². The molecule has 124 valence electrons. The van der Waals surface area contributed by atoms with Gasteiger partial charge in [0, 0.05) is 30.8 Å². The van der Waals surface area contributed by atoms with Gasteiger partial charge in [0.25, 0.3) is 11.8 Å². The summed E-state index contributed by atoms with van der Waals surface area (Å²) in [5.41, 5.74) is 2.46. The number of hydrogen-bond acceptors (Lipinski definition) is 4. The number of nitrogens with zero attached hydrogens (tertiary/aromatic N) is 2. The Morgan fingerprint density at radius 1 is 0.880 bits per heavy atom. The maximum absolute atomic E-state index is 12.0. The molecule has 0 radical (unpaired) electrons. The molecule has 0 bridgehead atoms. The predicted molar refractivity (Wildman–Crippen MR) is 94.0 cm³/mol. The average Bonchev–Trinajstić information content (AvgIpc) is 2.68. The van der Waals surface area contributed by atoms with E-state index in [4.69, 9.17) is 0 Å². The van der Waals surface area contributed by atoms with Crippen LogP contribution in [0.1, 0.15) is 26.4 Å². The first-order valence-corrected chi connectivity index (χ1v) is 7.72. The largest absolute Gasteiger partial charge is 0.348 e. The highest BCUT2D eigenvalue weighted by Crippen LogP contribution is 2.11. The first-order valence-electron chi connectivity index (χ1n) is 7.72. The number of benzene rings is 1. The van der Waals surface area contributed by atoms with Crippen molar-refractivity contribution in [1.82, 2.24) is 15.3 Å². The maximum atomic E-state index is 12.0. The summed E-state index contributed by atoms with van der Waals surface area (Å²) >= 11 is 0. The molecule has 6 nitrogen and oxygen atoms in total. The van der Waals surface area contributed by atoms with Gasteiger partial charge in [0.05, 0.1) is 5.56 Å². The summed E-state index contributed by atoms with van der Waals surface area (Å²) in [5.74, 6) is -0.445. The van der Waals surface area contributed by atoms with E-state index in [0.29, 0.717) is 23.5 Å². The smallest absolute Gasteiger partial charge is 0.274 e. The summed E-state index contributed by atoms with van der Waals surface area (Å²) in [6, 6.07) is 15.8. The molecule has 3 aromatic rings. The lowest BCUT2D eigenvalue weighted by atomic mass is 10.2. The van der Waals surface area contributed by atoms with Gasteiger partial charge in [-0.25, -0.2) is 0 Å². The van der Waals surface area contributed by atoms with Gasteiger partial charge in [-0.05, 0) is 42.0 Å². The van der Waals surface area contributed by atoms with Gasteiger partial charge < -0.3 is 10.6 Å². The van der Waals surface area contributed by atoms with Gasteiger partial charge in [0.1, 0.15) is 5.69 Å². The van der Waals surface area contributed by atoms with Crippen LogP contribution in [0.2, 0.25) is 0 Å². The third kappa shape index (κ3) is 4.48. The van der Waals surface area contributed by atoms with Crippen LogP contribution in [0, 0.1) is 0 Å². The van der Waals surface area contributed by atoms with Gasteiger partial charge in [-0.15, -0.1) is 0 Å². The van der Waals surface area contributed by atoms with Crippen molar-refractivity contribution in [2.45, 2.75) is 6.54 Å². The van der Waals surface area contributed by atoms with Crippen LogP contribution in [0.4, 0.5) is 5.69 Å². The lowest BCUT2D eigenvalue weighted by Crippen LogP contribution is -2.22. The molecule has 1 aromatic carbocycles. The minimum atomic E-state index is -0.266. The fraction of sp³-hybridized carbons (Fsp3) is 0.0526. The zero-order valence-corrected chi connectivity index (χ0v) is 13.3. The Labute approximate surface area is 145 Å². The Balaban J connectivity index is 1.55. The van der Waals surface area contributed by atoms with E-state index in [9.17, 15) is 9.59 Å². The van der Waals surface area contributed by atoms with E-state index in [1.165, 1.54) is 6.20 Å². The molecule has 0 aliphatic rings. The number of anilines is 1. The van der Waals surface area contributed by atoms with Crippen molar-refractivity contribution in [3.8, 4) is 0 Å². The van der Waals surface area contributed by atoms with Crippen molar-refractivity contribution in [2.24, 2.45) is 0 Å². The van der Waals surface area contributed by atoms with E-state index < -0.39 is 0 Å². The molecule has 0 spiro atoms. The van der Waals surface area contributed by atoms with Crippen molar-refractivity contribution in [3.05, 3.63) is 90.0 Å². The Kier molecular flexibility index (Phi) is 5.11. The van der Waals surface area contributed by atoms with Crippen LogP contribution < -0.4 is 10.6 Å². The predicted octanol–water partition coefficient (Wildman–Crippen LogP) is 2.66. The molecule has 0 saturated carbocycles. The second-order valence-electron chi connectivity index (χ2n) is 5.29. The number of hydrogen-bond donors (Lipinski definition) is 2. The summed E-state index contributed by atoms with van der Waals surface area (Å²) < 4.78 is 0. The lowest BCUT2D eigenvalue weighted by Gasteiger charge is -2.07. The van der Waals surface area contributed by atoms with Crippen molar-refractivity contribution in [1.29, 1.82) is 0 Å². The minimum Gasteiger partial charge on any atom is -0.348 e. The number of aromatic nitrogens is 2. The van der Waals surface area contributed by atoms with E-state index in [0.717, 1.165) is 5.56 Å². The fourth-order valence-electron chi connectivity index (χ4n) is 2.18. The molecule has 0 aliphatic carbocycles. The van der Waals surface area contributed by atoms with Gasteiger partial charge in [-0.1, -0.05) is 18.2 Å². The lowest BCUT2D eigenvalue weighted by molar-refractivity contribution is 0.0949. The van der Waals surface area contributed by atoms with E-state index >= 15 is 0 Å². The molecule has 25 heavy (non-hydrogen) atoms. The summed E-state index contributed by atoms with van der Waals surface area (Å²) in [7, 11) is 0. The quantitative estimate of drug-likeness (QED) is 0.752. The van der Waals surface area contributed by atoms with Crippen LogP contribution in [-0.2, 0) is 6.54 Å². The highest BCUT2D eigenvalue weighted by molar-refractivity contribution is 6.02. The molecule has 0 atom stereocenters. The molecular weight excluding hydrogens is 316 g/mol. The third-order valence-corrected chi connectivity index (χ3v) is 3.49. The fourth-order valence-corrected chi connectivity index (χ4v) is 2.18. The monoisotopic (exact) mass is 332 g/mol. The second-order valence-corrected chi connectivity index (χ2v) is 5.29. The van der Waals surface area contributed by atoms with Crippen LogP contribution in [-0.4, -0.2) is 21.8 Å². The normalized spacial score (nSPS) is 10.1. The summed E-state index contributed by atoms with van der Waals surface area (Å²) in [4.78, 5) is 31.9. The molecule has 0 fully saturated rings. The maximum Gasteiger partial charge on any atom is 0.274 e. The first-order chi connectivity index (χ1) is 12.2. The van der Waals surface area contributed by atoms with Gasteiger partial charge >= 0.3 is 0 Å². The first kappa shape index (κ1) is 16.3. The molecule has 2 amide bonds. The Hall–Kier alpha value is -3.54. The average molecular weight is 332 g/mol. The number of carbonyl (C=O) groups is 2. The van der Waals surface area contributed by atoms with Crippen LogP contribution in [0.15, 0.2) is 73.2 Å². The van der Waals surface area contributed by atoms with Crippen LogP contribution >= 0.6 is 0 Å². The molecular formula is C19H16N4O2. The van der Waals surface area contributed by atoms with E-state index in [1.54, 1.807) is 54.9 Å². The molecule has 3 rings (SSSR count). The number of nitrogens with one attached hydrogen (secondary N) is 2. The SMILES string of the molecule is O=C(NCc1ccc(NC(=O)c2ccccn2)cc1)c1cccnc1. The van der Waals surface area contributed by atoms with Gasteiger partial charge in [-0.3, -0.25) is 19.6 Å².